The fraction of sp³-hybridized carbons (Fsp3) is 0.500. The van der Waals surface area contributed by atoms with E-state index < -0.39 is 0 Å². The minimum atomic E-state index is -0.0807. The molecule has 1 saturated carbocycles. The van der Waals surface area contributed by atoms with E-state index in [0.29, 0.717) is 17.8 Å². The van der Waals surface area contributed by atoms with Crippen LogP contribution in [-0.4, -0.2) is 26.2 Å². The van der Waals surface area contributed by atoms with Crippen LogP contribution >= 0.6 is 15.9 Å². The van der Waals surface area contributed by atoms with Gasteiger partial charge in [-0.1, -0.05) is 0 Å². The van der Waals surface area contributed by atoms with Crippen molar-refractivity contribution in [2.75, 3.05) is 26.0 Å². The Morgan fingerprint density at radius 3 is 2.89 bits per heavy atom. The van der Waals surface area contributed by atoms with Crippen molar-refractivity contribution >= 4 is 27.5 Å². The van der Waals surface area contributed by atoms with Crippen LogP contribution in [0.4, 0.5) is 5.69 Å². The molecule has 0 heterocycles. The molecule has 1 amide bonds. The summed E-state index contributed by atoms with van der Waals surface area (Å²) in [5.74, 6) is -0.0807. The summed E-state index contributed by atoms with van der Waals surface area (Å²) in [6.45, 7) is 1.45. The molecule has 1 fully saturated rings. The Balaban J connectivity index is 1.93. The zero-order valence-electron chi connectivity index (χ0n) is 11.0. The Morgan fingerprint density at radius 2 is 2.26 bits per heavy atom. The second-order valence-corrected chi connectivity index (χ2v) is 6.02. The average Bonchev–Trinajstić information content (AvgIpc) is 3.17. The van der Waals surface area contributed by atoms with E-state index in [1.54, 1.807) is 25.3 Å². The summed E-state index contributed by atoms with van der Waals surface area (Å²) in [6.07, 6.45) is 3.32. The number of amides is 1. The number of methoxy groups -OCH3 is 1. The topological polar surface area (TPSA) is 64.3 Å². The Hall–Kier alpha value is -1.07. The summed E-state index contributed by atoms with van der Waals surface area (Å²) in [5.41, 5.74) is 7.13. The van der Waals surface area contributed by atoms with E-state index in [-0.39, 0.29) is 11.3 Å². The number of nitrogens with one attached hydrogen (secondary N) is 1. The number of carbonyl (C=O) groups excluding carboxylic acids is 1. The molecule has 3 N–H and O–H groups in total. The Kier molecular flexibility index (Phi) is 4.47. The minimum Gasteiger partial charge on any atom is -0.399 e. The first-order valence-electron chi connectivity index (χ1n) is 6.38. The summed E-state index contributed by atoms with van der Waals surface area (Å²) in [4.78, 5) is 12.1. The smallest absolute Gasteiger partial charge is 0.252 e. The highest BCUT2D eigenvalue weighted by Gasteiger charge is 2.42. The van der Waals surface area contributed by atoms with Gasteiger partial charge in [0.25, 0.3) is 5.91 Å². The van der Waals surface area contributed by atoms with Crippen molar-refractivity contribution in [3.8, 4) is 0 Å². The Bertz CT molecular complexity index is 473. The van der Waals surface area contributed by atoms with Crippen molar-refractivity contribution in [2.45, 2.75) is 19.3 Å². The van der Waals surface area contributed by atoms with E-state index in [0.717, 1.165) is 30.3 Å². The van der Waals surface area contributed by atoms with Crippen molar-refractivity contribution in [3.05, 3.63) is 28.2 Å². The molecule has 0 aliphatic heterocycles. The van der Waals surface area contributed by atoms with Gasteiger partial charge in [-0.25, -0.2) is 0 Å². The molecule has 104 valence electrons. The summed E-state index contributed by atoms with van der Waals surface area (Å²) < 4.78 is 5.87. The summed E-state index contributed by atoms with van der Waals surface area (Å²) in [6, 6.07) is 5.25. The normalized spacial score (nSPS) is 16.1. The van der Waals surface area contributed by atoms with Crippen LogP contribution in [0.25, 0.3) is 0 Å². The molecule has 0 unspecified atom stereocenters. The number of hydrogen-bond donors (Lipinski definition) is 2. The fourth-order valence-electron chi connectivity index (χ4n) is 2.09. The van der Waals surface area contributed by atoms with Crippen molar-refractivity contribution in [1.29, 1.82) is 0 Å². The highest BCUT2D eigenvalue weighted by atomic mass is 79.9. The van der Waals surface area contributed by atoms with Crippen LogP contribution in [0.3, 0.4) is 0 Å². The van der Waals surface area contributed by atoms with Crippen LogP contribution in [0.1, 0.15) is 29.6 Å². The maximum absolute atomic E-state index is 12.1. The molecule has 0 atom stereocenters. The van der Waals surface area contributed by atoms with Gasteiger partial charge in [0.2, 0.25) is 0 Å². The first-order chi connectivity index (χ1) is 9.06. The molecule has 1 aliphatic rings. The van der Waals surface area contributed by atoms with E-state index >= 15 is 0 Å². The third kappa shape index (κ3) is 3.70. The van der Waals surface area contributed by atoms with Gasteiger partial charge in [-0.05, 0) is 58.8 Å². The molecule has 0 spiro atoms. The van der Waals surface area contributed by atoms with Crippen molar-refractivity contribution in [2.24, 2.45) is 5.41 Å². The lowest BCUT2D eigenvalue weighted by Crippen LogP contribution is -2.31. The van der Waals surface area contributed by atoms with Gasteiger partial charge < -0.3 is 15.8 Å². The molecule has 0 aromatic heterocycles. The van der Waals surface area contributed by atoms with Crippen LogP contribution in [0.2, 0.25) is 0 Å². The van der Waals surface area contributed by atoms with Crippen molar-refractivity contribution in [3.63, 3.8) is 0 Å². The number of halogens is 1. The maximum atomic E-state index is 12.1. The second kappa shape index (κ2) is 5.92. The lowest BCUT2D eigenvalue weighted by Gasteiger charge is -2.16. The van der Waals surface area contributed by atoms with E-state index in [1.165, 1.54) is 0 Å². The predicted octanol–water partition coefficient (Wildman–Crippen LogP) is 2.58. The largest absolute Gasteiger partial charge is 0.399 e. The number of benzene rings is 1. The van der Waals surface area contributed by atoms with E-state index in [1.807, 2.05) is 0 Å². The molecule has 1 aromatic rings. The fourth-order valence-corrected chi connectivity index (χ4v) is 2.52. The number of rotatable bonds is 6. The molecule has 2 rings (SSSR count). The van der Waals surface area contributed by atoms with Crippen LogP contribution in [0.15, 0.2) is 22.7 Å². The van der Waals surface area contributed by atoms with Gasteiger partial charge in [0, 0.05) is 30.4 Å². The monoisotopic (exact) mass is 326 g/mol. The number of anilines is 1. The summed E-state index contributed by atoms with van der Waals surface area (Å²) in [7, 11) is 1.71. The molecule has 19 heavy (non-hydrogen) atoms. The van der Waals surface area contributed by atoms with Gasteiger partial charge in [0.15, 0.2) is 0 Å². The molecule has 0 saturated heterocycles. The first-order valence-corrected chi connectivity index (χ1v) is 7.18. The SMILES string of the molecule is COCCC1(CNC(=O)c2cc(N)ccc2Br)CC1. The van der Waals surface area contributed by atoms with Crippen LogP contribution in [0, 0.1) is 5.41 Å². The Morgan fingerprint density at radius 1 is 1.53 bits per heavy atom. The zero-order valence-corrected chi connectivity index (χ0v) is 12.6. The zero-order chi connectivity index (χ0) is 13.9. The summed E-state index contributed by atoms with van der Waals surface area (Å²) in [5, 5.41) is 3.00. The molecule has 0 radical (unpaired) electrons. The van der Waals surface area contributed by atoms with Gasteiger partial charge in [0.05, 0.1) is 5.56 Å². The van der Waals surface area contributed by atoms with Crippen LogP contribution < -0.4 is 11.1 Å². The highest BCUT2D eigenvalue weighted by Crippen LogP contribution is 2.48. The standard InChI is InChI=1S/C14H19BrN2O2/c1-19-7-6-14(4-5-14)9-17-13(18)11-8-10(16)2-3-12(11)15/h2-3,8H,4-7,9,16H2,1H3,(H,17,18). The van der Waals surface area contributed by atoms with Gasteiger partial charge in [-0.2, -0.15) is 0 Å². The number of carbonyl (C=O) groups is 1. The average molecular weight is 327 g/mol. The third-order valence-electron chi connectivity index (χ3n) is 3.65. The summed E-state index contributed by atoms with van der Waals surface area (Å²) >= 11 is 3.37. The number of ether oxygens (including phenoxy) is 1. The predicted molar refractivity (Wildman–Crippen MR) is 79.0 cm³/mol. The lowest BCUT2D eigenvalue weighted by atomic mass is 10.0. The van der Waals surface area contributed by atoms with Crippen LogP contribution in [-0.2, 0) is 4.74 Å². The second-order valence-electron chi connectivity index (χ2n) is 5.16. The molecule has 0 bridgehead atoms. The van der Waals surface area contributed by atoms with Crippen molar-refractivity contribution in [1.82, 2.24) is 5.32 Å². The van der Waals surface area contributed by atoms with Crippen molar-refractivity contribution < 1.29 is 9.53 Å². The minimum absolute atomic E-state index is 0.0807. The molecule has 4 nitrogen and oxygen atoms in total. The molecular weight excluding hydrogens is 308 g/mol. The number of nitrogens with two attached hydrogens (primary N) is 1. The van der Waals surface area contributed by atoms with Gasteiger partial charge in [-0.3, -0.25) is 4.79 Å². The molecule has 1 aromatic carbocycles. The van der Waals surface area contributed by atoms with Gasteiger partial charge in [0.1, 0.15) is 0 Å². The molecule has 1 aliphatic carbocycles. The highest BCUT2D eigenvalue weighted by molar-refractivity contribution is 9.10. The van der Waals surface area contributed by atoms with E-state index in [2.05, 4.69) is 21.2 Å². The number of hydrogen-bond acceptors (Lipinski definition) is 3. The van der Waals surface area contributed by atoms with E-state index in [9.17, 15) is 4.79 Å². The van der Waals surface area contributed by atoms with E-state index in [4.69, 9.17) is 10.5 Å². The lowest BCUT2D eigenvalue weighted by molar-refractivity contribution is 0.0937. The number of nitrogen functional groups attached to an aromatic ring is 1. The maximum Gasteiger partial charge on any atom is 0.252 e. The third-order valence-corrected chi connectivity index (χ3v) is 4.34. The van der Waals surface area contributed by atoms with Gasteiger partial charge >= 0.3 is 0 Å². The quantitative estimate of drug-likeness (QED) is 0.790. The Labute approximate surface area is 121 Å². The molecule has 5 heteroatoms. The van der Waals surface area contributed by atoms with Crippen LogP contribution in [0.5, 0.6) is 0 Å². The molecular formula is C14H19BrN2O2. The first kappa shape index (κ1) is 14.3. The van der Waals surface area contributed by atoms with Gasteiger partial charge in [-0.15, -0.1) is 0 Å².